The Bertz CT molecular complexity index is 1470. The number of nitrogens with zero attached hydrogens (tertiary/aromatic N) is 4. The maximum Gasteiger partial charge on any atom is 0.179 e. The zero-order valence-corrected chi connectivity index (χ0v) is 19.3. The van der Waals surface area contributed by atoms with Crippen molar-refractivity contribution in [3.05, 3.63) is 60.1 Å². The summed E-state index contributed by atoms with van der Waals surface area (Å²) in [6.45, 7) is 3.37. The third-order valence-electron chi connectivity index (χ3n) is 5.00. The van der Waals surface area contributed by atoms with Crippen LogP contribution >= 0.6 is 0 Å². The summed E-state index contributed by atoms with van der Waals surface area (Å²) < 4.78 is 58.3. The normalized spacial score (nSPS) is 12.6. The molecule has 178 valence electrons. The predicted octanol–water partition coefficient (Wildman–Crippen LogP) is 3.65. The third-order valence-corrected chi connectivity index (χ3v) is 6.11. The molecule has 0 radical (unpaired) electrons. The minimum Gasteiger partial charge on any atom is -0.453 e. The molecule has 0 aliphatic heterocycles. The van der Waals surface area contributed by atoms with Crippen LogP contribution in [-0.2, 0) is 9.84 Å². The van der Waals surface area contributed by atoms with Crippen molar-refractivity contribution in [1.29, 1.82) is 0 Å². The number of nitrogens with one attached hydrogen (secondary N) is 1. The van der Waals surface area contributed by atoms with Gasteiger partial charge in [0.05, 0.1) is 24.2 Å². The number of sulfone groups is 1. The molecular weight excluding hydrogens is 468 g/mol. The van der Waals surface area contributed by atoms with Gasteiger partial charge in [-0.3, -0.25) is 5.10 Å². The Morgan fingerprint density at radius 1 is 1.18 bits per heavy atom. The molecule has 0 aliphatic rings. The third kappa shape index (κ3) is 4.68. The number of aryl methyl sites for hydroxylation is 1. The van der Waals surface area contributed by atoms with Crippen molar-refractivity contribution < 1.29 is 27.0 Å². The lowest BCUT2D eigenvalue weighted by Gasteiger charge is -2.28. The highest BCUT2D eigenvalue weighted by Gasteiger charge is 2.25. The second-order valence-corrected chi connectivity index (χ2v) is 9.81. The van der Waals surface area contributed by atoms with E-state index in [9.17, 15) is 22.3 Å². The van der Waals surface area contributed by atoms with Crippen LogP contribution in [0.4, 0.5) is 20.3 Å². The van der Waals surface area contributed by atoms with Crippen molar-refractivity contribution in [2.45, 2.75) is 24.8 Å². The summed E-state index contributed by atoms with van der Waals surface area (Å²) in [7, 11) is -3.85. The lowest BCUT2D eigenvalue weighted by atomic mass is 10.1. The molecule has 1 atom stereocenters. The van der Waals surface area contributed by atoms with Gasteiger partial charge in [0, 0.05) is 18.0 Å². The monoisotopic (exact) mass is 489 g/mol. The summed E-state index contributed by atoms with van der Waals surface area (Å²) in [5.41, 5.74) is 1.45. The van der Waals surface area contributed by atoms with Crippen molar-refractivity contribution in [2.24, 2.45) is 0 Å². The van der Waals surface area contributed by atoms with E-state index in [0.29, 0.717) is 34.2 Å². The van der Waals surface area contributed by atoms with Gasteiger partial charge in [-0.2, -0.15) is 5.10 Å². The molecule has 0 saturated heterocycles. The first-order valence-electron chi connectivity index (χ1n) is 10.1. The van der Waals surface area contributed by atoms with Crippen LogP contribution in [0.3, 0.4) is 0 Å². The van der Waals surface area contributed by atoms with Crippen LogP contribution in [0.1, 0.15) is 12.5 Å². The Balaban J connectivity index is 1.89. The molecule has 0 amide bonds. The summed E-state index contributed by atoms with van der Waals surface area (Å²) in [6.07, 6.45) is 3.04. The first-order chi connectivity index (χ1) is 16.0. The molecule has 2 N–H and O–H groups in total. The number of aromatic amines is 1. The fourth-order valence-electron chi connectivity index (χ4n) is 3.52. The number of benzene rings is 2. The largest absolute Gasteiger partial charge is 0.453 e. The summed E-state index contributed by atoms with van der Waals surface area (Å²) >= 11 is 0. The number of H-pyrrole nitrogens is 1. The molecule has 0 bridgehead atoms. The number of halogens is 2. The van der Waals surface area contributed by atoms with Crippen LogP contribution in [0.2, 0.25) is 0 Å². The van der Waals surface area contributed by atoms with Gasteiger partial charge in [-0.1, -0.05) is 0 Å². The molecule has 4 rings (SSSR count). The lowest BCUT2D eigenvalue weighted by molar-refractivity contribution is 0.203. The highest BCUT2D eigenvalue weighted by atomic mass is 32.2. The molecule has 12 heteroatoms. The Morgan fingerprint density at radius 2 is 1.94 bits per heavy atom. The molecule has 0 saturated carbocycles. The fourth-order valence-corrected chi connectivity index (χ4v) is 4.31. The van der Waals surface area contributed by atoms with E-state index in [1.165, 1.54) is 24.7 Å². The van der Waals surface area contributed by atoms with Gasteiger partial charge in [0.1, 0.15) is 28.6 Å². The zero-order chi connectivity index (χ0) is 24.6. The number of rotatable bonds is 7. The molecule has 34 heavy (non-hydrogen) atoms. The van der Waals surface area contributed by atoms with Gasteiger partial charge < -0.3 is 14.7 Å². The molecule has 0 aliphatic carbocycles. The molecule has 1 unspecified atom stereocenters. The smallest absolute Gasteiger partial charge is 0.179 e. The quantitative estimate of drug-likeness (QED) is 0.404. The van der Waals surface area contributed by atoms with E-state index in [-0.39, 0.29) is 22.9 Å². The standard InChI is InChI=1S/C22H21F2N5O4S/c1-12-6-19(33-18-5-4-14(23)7-16(18)24)20(34(3,31)32)8-17(12)29(10-13(2)30)22-15-9-27-28-21(15)25-11-26-22/h4-9,11,13,30H,10H2,1-3H3,(H,25,26,27,28). The van der Waals surface area contributed by atoms with E-state index >= 15 is 0 Å². The van der Waals surface area contributed by atoms with E-state index in [4.69, 9.17) is 4.74 Å². The average Bonchev–Trinajstić information content (AvgIpc) is 3.22. The number of anilines is 2. The van der Waals surface area contributed by atoms with E-state index in [1.54, 1.807) is 18.7 Å². The van der Waals surface area contributed by atoms with Crippen LogP contribution in [0.25, 0.3) is 11.0 Å². The van der Waals surface area contributed by atoms with Gasteiger partial charge in [-0.05, 0) is 43.7 Å². The molecule has 2 aromatic heterocycles. The Hall–Kier alpha value is -3.64. The number of aliphatic hydroxyl groups is 1. The van der Waals surface area contributed by atoms with E-state index in [2.05, 4.69) is 20.2 Å². The molecular formula is C22H21F2N5O4S. The summed E-state index contributed by atoms with van der Waals surface area (Å²) in [6, 6.07) is 5.55. The summed E-state index contributed by atoms with van der Waals surface area (Å²) in [4.78, 5) is 9.88. The molecule has 0 spiro atoms. The summed E-state index contributed by atoms with van der Waals surface area (Å²) in [5, 5.41) is 17.5. The number of aromatic nitrogens is 4. The fraction of sp³-hybridized carbons (Fsp3) is 0.227. The molecule has 2 aromatic carbocycles. The zero-order valence-electron chi connectivity index (χ0n) is 18.5. The Kier molecular flexibility index (Phi) is 6.19. The van der Waals surface area contributed by atoms with Crippen LogP contribution in [0.5, 0.6) is 11.5 Å². The van der Waals surface area contributed by atoms with Crippen molar-refractivity contribution in [3.63, 3.8) is 0 Å². The van der Waals surface area contributed by atoms with Crippen molar-refractivity contribution in [3.8, 4) is 11.5 Å². The van der Waals surface area contributed by atoms with Gasteiger partial charge >= 0.3 is 0 Å². The second-order valence-electron chi connectivity index (χ2n) is 7.82. The lowest BCUT2D eigenvalue weighted by Crippen LogP contribution is -2.28. The van der Waals surface area contributed by atoms with Crippen LogP contribution in [0.15, 0.2) is 47.8 Å². The number of hydrogen-bond donors (Lipinski definition) is 2. The Labute approximate surface area is 194 Å². The number of hydrogen-bond acceptors (Lipinski definition) is 8. The number of ether oxygens (including phenoxy) is 1. The van der Waals surface area contributed by atoms with E-state index in [1.807, 2.05) is 0 Å². The molecule has 4 aromatic rings. The van der Waals surface area contributed by atoms with Crippen molar-refractivity contribution in [2.75, 3.05) is 17.7 Å². The highest BCUT2D eigenvalue weighted by molar-refractivity contribution is 7.90. The first kappa shape index (κ1) is 23.5. The van der Waals surface area contributed by atoms with Gasteiger partial charge in [0.15, 0.2) is 27.1 Å². The average molecular weight is 490 g/mol. The molecule has 0 fully saturated rings. The minimum atomic E-state index is -3.85. The van der Waals surface area contributed by atoms with Crippen LogP contribution in [-0.4, -0.2) is 52.6 Å². The first-order valence-corrected chi connectivity index (χ1v) is 12.0. The van der Waals surface area contributed by atoms with E-state index < -0.39 is 27.6 Å². The Morgan fingerprint density at radius 3 is 2.62 bits per heavy atom. The van der Waals surface area contributed by atoms with Crippen molar-refractivity contribution in [1.82, 2.24) is 20.2 Å². The van der Waals surface area contributed by atoms with Gasteiger partial charge in [0.2, 0.25) is 0 Å². The maximum atomic E-state index is 14.2. The van der Waals surface area contributed by atoms with Crippen molar-refractivity contribution >= 4 is 32.4 Å². The minimum absolute atomic E-state index is 0.0775. The van der Waals surface area contributed by atoms with Gasteiger partial charge in [-0.25, -0.2) is 27.2 Å². The van der Waals surface area contributed by atoms with Crippen LogP contribution < -0.4 is 9.64 Å². The van der Waals surface area contributed by atoms with Gasteiger partial charge in [-0.15, -0.1) is 0 Å². The molecule has 9 nitrogen and oxygen atoms in total. The molecule has 2 heterocycles. The topological polar surface area (TPSA) is 121 Å². The number of fused-ring (bicyclic) bond motifs is 1. The van der Waals surface area contributed by atoms with E-state index in [0.717, 1.165) is 18.4 Å². The van der Waals surface area contributed by atoms with Gasteiger partial charge in [0.25, 0.3) is 0 Å². The summed E-state index contributed by atoms with van der Waals surface area (Å²) in [5.74, 6) is -1.80. The highest BCUT2D eigenvalue weighted by Crippen LogP contribution is 2.39. The number of aliphatic hydroxyl groups excluding tert-OH is 1. The maximum absolute atomic E-state index is 14.2. The predicted molar refractivity (Wildman–Crippen MR) is 121 cm³/mol. The SMILES string of the molecule is Cc1cc(Oc2ccc(F)cc2F)c(S(C)(=O)=O)cc1N(CC(C)O)c1ncnc2[nH]ncc12. The second kappa shape index (κ2) is 8.95. The van der Waals surface area contributed by atoms with Crippen LogP contribution in [0, 0.1) is 18.6 Å².